The van der Waals surface area contributed by atoms with E-state index in [1.54, 1.807) is 0 Å². The number of nitrogens with zero attached hydrogens (tertiary/aromatic N) is 1. The van der Waals surface area contributed by atoms with E-state index in [1.807, 2.05) is 19.1 Å². The van der Waals surface area contributed by atoms with Gasteiger partial charge in [-0.1, -0.05) is 35.2 Å². The number of hydrogen-bond acceptors (Lipinski definition) is 2. The van der Waals surface area contributed by atoms with E-state index in [4.69, 9.17) is 0 Å². The molecule has 2 aliphatic rings. The van der Waals surface area contributed by atoms with E-state index < -0.39 is 0 Å². The normalized spacial score (nSPS) is 21.7. The van der Waals surface area contributed by atoms with Crippen molar-refractivity contribution in [3.05, 3.63) is 33.5 Å². The van der Waals surface area contributed by atoms with Gasteiger partial charge in [0.1, 0.15) is 5.82 Å². The Hall–Kier alpha value is -0.160. The van der Waals surface area contributed by atoms with Crippen LogP contribution in [0, 0.1) is 18.7 Å². The molecule has 5 heteroatoms. The van der Waals surface area contributed by atoms with Crippen LogP contribution in [0.15, 0.2) is 16.6 Å². The SMILES string of the molecule is Cc1cc(Br)cc([C@@H](C2CCCCC2)N2CCNCC2)c1F.Cl. The highest BCUT2D eigenvalue weighted by Crippen LogP contribution is 2.40. The van der Waals surface area contributed by atoms with Crippen LogP contribution in [0.4, 0.5) is 4.39 Å². The minimum absolute atomic E-state index is 0. The highest BCUT2D eigenvalue weighted by Gasteiger charge is 2.33. The summed E-state index contributed by atoms with van der Waals surface area (Å²) in [6, 6.07) is 4.14. The fourth-order valence-electron chi connectivity index (χ4n) is 4.13. The fourth-order valence-corrected chi connectivity index (χ4v) is 4.72. The first-order valence-electron chi connectivity index (χ1n) is 8.57. The predicted molar refractivity (Wildman–Crippen MR) is 99.8 cm³/mol. The third kappa shape index (κ3) is 4.47. The Bertz CT molecular complexity index is 496. The molecule has 1 saturated carbocycles. The number of rotatable bonds is 3. The predicted octanol–water partition coefficient (Wildman–Crippen LogP) is 4.85. The van der Waals surface area contributed by atoms with E-state index in [1.165, 1.54) is 32.1 Å². The van der Waals surface area contributed by atoms with Crippen molar-refractivity contribution in [1.82, 2.24) is 10.2 Å². The highest BCUT2D eigenvalue weighted by atomic mass is 79.9. The van der Waals surface area contributed by atoms with Crippen LogP contribution in [0.5, 0.6) is 0 Å². The average Bonchev–Trinajstić information content (AvgIpc) is 2.54. The zero-order valence-corrected chi connectivity index (χ0v) is 16.2. The maximum Gasteiger partial charge on any atom is 0.130 e. The van der Waals surface area contributed by atoms with Gasteiger partial charge in [-0.05, 0) is 43.4 Å². The third-order valence-corrected chi connectivity index (χ3v) is 5.67. The summed E-state index contributed by atoms with van der Waals surface area (Å²) < 4.78 is 15.9. The van der Waals surface area contributed by atoms with Crippen LogP contribution in [0.25, 0.3) is 0 Å². The number of nitrogens with one attached hydrogen (secondary N) is 1. The van der Waals surface area contributed by atoms with Gasteiger partial charge in [-0.25, -0.2) is 4.39 Å². The largest absolute Gasteiger partial charge is 0.314 e. The van der Waals surface area contributed by atoms with Gasteiger partial charge in [-0.15, -0.1) is 12.4 Å². The first-order chi connectivity index (χ1) is 10.7. The van der Waals surface area contributed by atoms with Gasteiger partial charge < -0.3 is 5.32 Å². The molecule has 0 aromatic heterocycles. The van der Waals surface area contributed by atoms with Crippen LogP contribution < -0.4 is 5.32 Å². The van der Waals surface area contributed by atoms with Crippen LogP contribution in [-0.2, 0) is 0 Å². The lowest BCUT2D eigenvalue weighted by Gasteiger charge is -2.41. The molecule has 1 saturated heterocycles. The Morgan fingerprint density at radius 2 is 1.83 bits per heavy atom. The molecule has 1 heterocycles. The maximum absolute atomic E-state index is 14.9. The molecule has 23 heavy (non-hydrogen) atoms. The van der Waals surface area contributed by atoms with Gasteiger partial charge in [0, 0.05) is 42.3 Å². The summed E-state index contributed by atoms with van der Waals surface area (Å²) in [7, 11) is 0. The number of hydrogen-bond donors (Lipinski definition) is 1. The minimum Gasteiger partial charge on any atom is -0.314 e. The molecule has 1 aliphatic heterocycles. The Morgan fingerprint density at radius 3 is 2.48 bits per heavy atom. The molecular weight excluding hydrogens is 379 g/mol. The molecule has 0 amide bonds. The summed E-state index contributed by atoms with van der Waals surface area (Å²) in [5.74, 6) is 0.590. The molecule has 1 aromatic rings. The van der Waals surface area contributed by atoms with Crippen molar-refractivity contribution < 1.29 is 4.39 Å². The zero-order valence-electron chi connectivity index (χ0n) is 13.8. The van der Waals surface area contributed by atoms with E-state index in [-0.39, 0.29) is 24.3 Å². The zero-order chi connectivity index (χ0) is 15.5. The number of piperazine rings is 1. The Kier molecular flexibility index (Phi) is 7.33. The van der Waals surface area contributed by atoms with Crippen LogP contribution in [0.3, 0.4) is 0 Å². The second kappa shape index (κ2) is 8.80. The monoisotopic (exact) mass is 404 g/mol. The molecule has 0 bridgehead atoms. The summed E-state index contributed by atoms with van der Waals surface area (Å²) in [6.07, 6.45) is 6.40. The van der Waals surface area contributed by atoms with E-state index in [0.29, 0.717) is 5.92 Å². The first kappa shape index (κ1) is 19.2. The molecule has 0 radical (unpaired) electrons. The lowest BCUT2D eigenvalue weighted by molar-refractivity contribution is 0.100. The minimum atomic E-state index is -0.00249. The topological polar surface area (TPSA) is 15.3 Å². The number of halogens is 3. The molecule has 130 valence electrons. The van der Waals surface area contributed by atoms with E-state index in [2.05, 4.69) is 26.1 Å². The van der Waals surface area contributed by atoms with Gasteiger partial charge in [0.25, 0.3) is 0 Å². The van der Waals surface area contributed by atoms with E-state index in [0.717, 1.165) is 41.8 Å². The van der Waals surface area contributed by atoms with Crippen LogP contribution in [0.2, 0.25) is 0 Å². The molecule has 1 atom stereocenters. The van der Waals surface area contributed by atoms with Gasteiger partial charge in [-0.2, -0.15) is 0 Å². The van der Waals surface area contributed by atoms with E-state index >= 15 is 0 Å². The molecular formula is C18H27BrClFN2. The van der Waals surface area contributed by atoms with Crippen molar-refractivity contribution in [2.75, 3.05) is 26.2 Å². The summed E-state index contributed by atoms with van der Waals surface area (Å²) >= 11 is 3.57. The Labute approximate surface area is 153 Å². The molecule has 1 aliphatic carbocycles. The van der Waals surface area contributed by atoms with Crippen molar-refractivity contribution in [3.8, 4) is 0 Å². The smallest absolute Gasteiger partial charge is 0.130 e. The van der Waals surface area contributed by atoms with Gasteiger partial charge in [-0.3, -0.25) is 4.90 Å². The molecule has 0 spiro atoms. The summed E-state index contributed by atoms with van der Waals surface area (Å²) in [5.41, 5.74) is 1.65. The molecule has 1 N–H and O–H groups in total. The first-order valence-corrected chi connectivity index (χ1v) is 9.36. The molecule has 2 nitrogen and oxygen atoms in total. The third-order valence-electron chi connectivity index (χ3n) is 5.21. The molecule has 1 aromatic carbocycles. The summed E-state index contributed by atoms with van der Waals surface area (Å²) in [6.45, 7) is 5.94. The lowest BCUT2D eigenvalue weighted by atomic mass is 9.79. The second-order valence-electron chi connectivity index (χ2n) is 6.75. The summed E-state index contributed by atoms with van der Waals surface area (Å²) in [4.78, 5) is 2.51. The lowest BCUT2D eigenvalue weighted by Crippen LogP contribution is -2.47. The molecule has 0 unspecified atom stereocenters. The Morgan fingerprint density at radius 1 is 1.17 bits per heavy atom. The van der Waals surface area contributed by atoms with Gasteiger partial charge in [0.2, 0.25) is 0 Å². The Balaban J connectivity index is 0.00000192. The maximum atomic E-state index is 14.9. The standard InChI is InChI=1S/C18H26BrFN2.ClH/c1-13-11-15(19)12-16(17(13)20)18(14-5-3-2-4-6-14)22-9-7-21-8-10-22;/h11-12,14,18,21H,2-10H2,1H3;1H/t18-;/m1./s1. The fraction of sp³-hybridized carbons (Fsp3) is 0.667. The molecule has 3 rings (SSSR count). The van der Waals surface area contributed by atoms with Crippen molar-refractivity contribution in [3.63, 3.8) is 0 Å². The van der Waals surface area contributed by atoms with Gasteiger partial charge in [0.05, 0.1) is 0 Å². The van der Waals surface area contributed by atoms with Crippen molar-refractivity contribution in [1.29, 1.82) is 0 Å². The molecule has 2 fully saturated rings. The van der Waals surface area contributed by atoms with Crippen molar-refractivity contribution >= 4 is 28.3 Å². The van der Waals surface area contributed by atoms with Gasteiger partial charge >= 0.3 is 0 Å². The van der Waals surface area contributed by atoms with E-state index in [9.17, 15) is 4.39 Å². The highest BCUT2D eigenvalue weighted by molar-refractivity contribution is 9.10. The van der Waals surface area contributed by atoms with Gasteiger partial charge in [0.15, 0.2) is 0 Å². The van der Waals surface area contributed by atoms with Crippen LogP contribution in [-0.4, -0.2) is 31.1 Å². The van der Waals surface area contributed by atoms with Crippen molar-refractivity contribution in [2.24, 2.45) is 5.92 Å². The average molecular weight is 406 g/mol. The van der Waals surface area contributed by atoms with Crippen molar-refractivity contribution in [2.45, 2.75) is 45.1 Å². The quantitative estimate of drug-likeness (QED) is 0.773. The second-order valence-corrected chi connectivity index (χ2v) is 7.67. The number of aryl methyl sites for hydroxylation is 1. The summed E-state index contributed by atoms with van der Waals surface area (Å²) in [5, 5.41) is 3.42. The number of benzene rings is 1. The van der Waals surface area contributed by atoms with Crippen LogP contribution >= 0.6 is 28.3 Å². The van der Waals surface area contributed by atoms with Crippen LogP contribution in [0.1, 0.15) is 49.3 Å².